The molecular formula is C21H18N4O2. The largest absolute Gasteiger partial charge is 0.461 e. The average Bonchev–Trinajstić information content (AvgIpc) is 3.46. The van der Waals surface area contributed by atoms with E-state index in [4.69, 9.17) is 9.40 Å². The highest BCUT2D eigenvalue weighted by molar-refractivity contribution is 5.94. The Morgan fingerprint density at radius 1 is 1.07 bits per heavy atom. The van der Waals surface area contributed by atoms with Gasteiger partial charge in [-0.3, -0.25) is 4.79 Å². The zero-order valence-corrected chi connectivity index (χ0v) is 14.7. The molecule has 0 saturated carbocycles. The molecule has 1 saturated heterocycles. The molecular weight excluding hydrogens is 340 g/mol. The molecule has 0 bridgehead atoms. The van der Waals surface area contributed by atoms with E-state index in [2.05, 4.69) is 9.55 Å². The summed E-state index contributed by atoms with van der Waals surface area (Å²) in [5.41, 5.74) is 2.37. The molecule has 0 radical (unpaired) electrons. The van der Waals surface area contributed by atoms with Crippen molar-refractivity contribution in [3.05, 3.63) is 72.6 Å². The van der Waals surface area contributed by atoms with Gasteiger partial charge in [-0.2, -0.15) is 0 Å². The Morgan fingerprint density at radius 3 is 2.78 bits per heavy atom. The zero-order chi connectivity index (χ0) is 18.2. The first kappa shape index (κ1) is 15.8. The number of imidazole rings is 1. The molecule has 0 N–H and O–H groups in total. The van der Waals surface area contributed by atoms with Gasteiger partial charge in [-0.1, -0.05) is 18.2 Å². The van der Waals surface area contributed by atoms with E-state index in [1.807, 2.05) is 59.5 Å². The van der Waals surface area contributed by atoms with Gasteiger partial charge in [-0.15, -0.1) is 0 Å². The molecule has 6 nitrogen and oxygen atoms in total. The van der Waals surface area contributed by atoms with E-state index in [0.717, 1.165) is 29.0 Å². The Hall–Kier alpha value is -3.41. The van der Waals surface area contributed by atoms with Crippen molar-refractivity contribution in [1.29, 1.82) is 0 Å². The van der Waals surface area contributed by atoms with Crippen LogP contribution in [0.25, 0.3) is 22.7 Å². The number of amides is 1. The number of furan rings is 1. The van der Waals surface area contributed by atoms with Gasteiger partial charge in [0.2, 0.25) is 0 Å². The number of benzene rings is 1. The van der Waals surface area contributed by atoms with Crippen LogP contribution in [-0.4, -0.2) is 38.4 Å². The van der Waals surface area contributed by atoms with Crippen LogP contribution in [0.2, 0.25) is 0 Å². The molecule has 4 heterocycles. The van der Waals surface area contributed by atoms with Crippen LogP contribution >= 0.6 is 0 Å². The maximum absolute atomic E-state index is 12.8. The lowest BCUT2D eigenvalue weighted by Crippen LogP contribution is -2.29. The zero-order valence-electron chi connectivity index (χ0n) is 14.7. The van der Waals surface area contributed by atoms with Crippen molar-refractivity contribution in [2.45, 2.75) is 12.5 Å². The van der Waals surface area contributed by atoms with Gasteiger partial charge in [-0.25, -0.2) is 9.97 Å². The summed E-state index contributed by atoms with van der Waals surface area (Å²) in [4.78, 5) is 24.0. The third-order valence-electron chi connectivity index (χ3n) is 5.03. The number of nitrogens with zero attached hydrogens (tertiary/aromatic N) is 4. The highest BCUT2D eigenvalue weighted by atomic mass is 16.3. The van der Waals surface area contributed by atoms with E-state index >= 15 is 0 Å². The quantitative estimate of drug-likeness (QED) is 0.559. The van der Waals surface area contributed by atoms with Gasteiger partial charge in [0.15, 0.2) is 17.2 Å². The summed E-state index contributed by atoms with van der Waals surface area (Å²) in [6, 6.07) is 17.1. The van der Waals surface area contributed by atoms with Crippen LogP contribution in [0.3, 0.4) is 0 Å². The summed E-state index contributed by atoms with van der Waals surface area (Å²) in [7, 11) is 0. The first-order valence-corrected chi connectivity index (χ1v) is 9.02. The van der Waals surface area contributed by atoms with Crippen LogP contribution in [0.1, 0.15) is 22.8 Å². The van der Waals surface area contributed by atoms with Gasteiger partial charge in [0.05, 0.1) is 12.3 Å². The van der Waals surface area contributed by atoms with E-state index in [1.54, 1.807) is 12.5 Å². The lowest BCUT2D eigenvalue weighted by Gasteiger charge is -2.18. The van der Waals surface area contributed by atoms with Crippen LogP contribution < -0.4 is 0 Å². The number of fused-ring (bicyclic) bond motifs is 1. The number of hydrogen-bond donors (Lipinski definition) is 0. The maximum atomic E-state index is 12.8. The van der Waals surface area contributed by atoms with Crippen LogP contribution in [-0.2, 0) is 0 Å². The SMILES string of the molecule is O=C(c1ccccc1)N1CC[C@H](n2c(-c3ccco3)nc3cccnc32)C1. The van der Waals surface area contributed by atoms with E-state index < -0.39 is 0 Å². The standard InChI is InChI=1S/C21H18N4O2/c26-21(15-6-2-1-3-7-15)24-12-10-16(14-24)25-19-17(8-4-11-22-19)23-20(25)18-9-5-13-27-18/h1-9,11,13,16H,10,12,14H2/t16-/m0/s1. The molecule has 1 fully saturated rings. The molecule has 4 aromatic rings. The molecule has 1 aromatic carbocycles. The summed E-state index contributed by atoms with van der Waals surface area (Å²) in [5, 5.41) is 0. The van der Waals surface area contributed by atoms with Gasteiger partial charge >= 0.3 is 0 Å². The summed E-state index contributed by atoms with van der Waals surface area (Å²) in [6.45, 7) is 1.34. The summed E-state index contributed by atoms with van der Waals surface area (Å²) < 4.78 is 7.72. The number of pyridine rings is 1. The molecule has 134 valence electrons. The van der Waals surface area contributed by atoms with E-state index in [9.17, 15) is 4.79 Å². The lowest BCUT2D eigenvalue weighted by molar-refractivity contribution is 0.0788. The normalized spacial score (nSPS) is 16.9. The fourth-order valence-electron chi connectivity index (χ4n) is 3.76. The minimum atomic E-state index is 0.0648. The Labute approximate surface area is 156 Å². The Kier molecular flexibility index (Phi) is 3.74. The van der Waals surface area contributed by atoms with Crippen molar-refractivity contribution in [1.82, 2.24) is 19.4 Å². The topological polar surface area (TPSA) is 64.2 Å². The van der Waals surface area contributed by atoms with Crippen LogP contribution in [0.4, 0.5) is 0 Å². The molecule has 3 aromatic heterocycles. The van der Waals surface area contributed by atoms with Crippen molar-refractivity contribution in [2.75, 3.05) is 13.1 Å². The smallest absolute Gasteiger partial charge is 0.253 e. The molecule has 0 aliphatic carbocycles. The van der Waals surface area contributed by atoms with E-state index in [0.29, 0.717) is 18.8 Å². The van der Waals surface area contributed by atoms with E-state index in [-0.39, 0.29) is 11.9 Å². The Morgan fingerprint density at radius 2 is 1.96 bits per heavy atom. The summed E-state index contributed by atoms with van der Waals surface area (Å²) in [6.07, 6.45) is 4.27. The molecule has 0 unspecified atom stereocenters. The van der Waals surface area contributed by atoms with Crippen LogP contribution in [0, 0.1) is 0 Å². The fraction of sp³-hybridized carbons (Fsp3) is 0.190. The minimum absolute atomic E-state index is 0.0648. The molecule has 0 spiro atoms. The Bertz CT molecular complexity index is 1090. The van der Waals surface area contributed by atoms with Gasteiger partial charge in [0.1, 0.15) is 5.52 Å². The number of hydrogen-bond acceptors (Lipinski definition) is 4. The second-order valence-corrected chi connectivity index (χ2v) is 6.69. The van der Waals surface area contributed by atoms with E-state index in [1.165, 1.54) is 0 Å². The van der Waals surface area contributed by atoms with Crippen molar-refractivity contribution in [2.24, 2.45) is 0 Å². The third-order valence-corrected chi connectivity index (χ3v) is 5.03. The number of carbonyl (C=O) groups is 1. The van der Waals surface area contributed by atoms with Crippen LogP contribution in [0.5, 0.6) is 0 Å². The molecule has 27 heavy (non-hydrogen) atoms. The minimum Gasteiger partial charge on any atom is -0.461 e. The first-order valence-electron chi connectivity index (χ1n) is 9.02. The predicted molar refractivity (Wildman–Crippen MR) is 101 cm³/mol. The average molecular weight is 358 g/mol. The van der Waals surface area contributed by atoms with Gasteiger partial charge in [-0.05, 0) is 42.8 Å². The molecule has 1 aliphatic heterocycles. The molecule has 5 rings (SSSR count). The second kappa shape index (κ2) is 6.39. The van der Waals surface area contributed by atoms with Crippen molar-refractivity contribution in [3.8, 4) is 11.6 Å². The summed E-state index contributed by atoms with van der Waals surface area (Å²) >= 11 is 0. The second-order valence-electron chi connectivity index (χ2n) is 6.69. The highest BCUT2D eigenvalue weighted by Crippen LogP contribution is 2.32. The predicted octanol–water partition coefficient (Wildman–Crippen LogP) is 3.78. The summed E-state index contributed by atoms with van der Waals surface area (Å²) in [5.74, 6) is 1.53. The Balaban J connectivity index is 1.51. The van der Waals surface area contributed by atoms with Crippen LogP contribution in [0.15, 0.2) is 71.5 Å². The van der Waals surface area contributed by atoms with Crippen molar-refractivity contribution < 1.29 is 9.21 Å². The monoisotopic (exact) mass is 358 g/mol. The first-order chi connectivity index (χ1) is 13.3. The maximum Gasteiger partial charge on any atom is 0.253 e. The van der Waals surface area contributed by atoms with Crippen molar-refractivity contribution in [3.63, 3.8) is 0 Å². The van der Waals surface area contributed by atoms with Gasteiger partial charge in [0.25, 0.3) is 5.91 Å². The number of rotatable bonds is 3. The number of likely N-dealkylation sites (tertiary alicyclic amines) is 1. The molecule has 1 atom stereocenters. The fourth-order valence-corrected chi connectivity index (χ4v) is 3.76. The third kappa shape index (κ3) is 2.70. The highest BCUT2D eigenvalue weighted by Gasteiger charge is 2.31. The van der Waals surface area contributed by atoms with Gasteiger partial charge in [0, 0.05) is 24.8 Å². The molecule has 1 amide bonds. The molecule has 1 aliphatic rings. The van der Waals surface area contributed by atoms with Crippen molar-refractivity contribution >= 4 is 17.1 Å². The lowest BCUT2D eigenvalue weighted by atomic mass is 10.2. The van der Waals surface area contributed by atoms with Gasteiger partial charge < -0.3 is 13.9 Å². The number of carbonyl (C=O) groups excluding carboxylic acids is 1. The number of aromatic nitrogens is 3. The molecule has 6 heteroatoms.